The number of hydrogen-bond acceptors (Lipinski definition) is 4. The monoisotopic (exact) mass is 322 g/mol. The quantitative estimate of drug-likeness (QED) is 0.722. The first-order valence-corrected chi connectivity index (χ1v) is 8.56. The first-order chi connectivity index (χ1) is 11.9. The molecule has 0 spiro atoms. The zero-order valence-electron chi connectivity index (χ0n) is 13.7. The van der Waals surface area contributed by atoms with E-state index in [1.54, 1.807) is 0 Å². The van der Waals surface area contributed by atoms with Crippen LogP contribution in [0.3, 0.4) is 0 Å². The van der Waals surface area contributed by atoms with Gasteiger partial charge in [-0.05, 0) is 25.3 Å². The summed E-state index contributed by atoms with van der Waals surface area (Å²) in [6.07, 6.45) is 8.31. The fourth-order valence-electron chi connectivity index (χ4n) is 3.49. The van der Waals surface area contributed by atoms with E-state index in [2.05, 4.69) is 37.8 Å². The van der Waals surface area contributed by atoms with Gasteiger partial charge >= 0.3 is 0 Å². The van der Waals surface area contributed by atoms with E-state index in [4.69, 9.17) is 4.52 Å². The van der Waals surface area contributed by atoms with Crippen LogP contribution in [0.2, 0.25) is 0 Å². The molecule has 0 aliphatic carbocycles. The number of likely N-dealkylation sites (tertiary alicyclic amines) is 1. The van der Waals surface area contributed by atoms with E-state index in [-0.39, 0.29) is 0 Å². The molecule has 3 heterocycles. The van der Waals surface area contributed by atoms with Crippen molar-refractivity contribution in [3.63, 3.8) is 0 Å². The zero-order valence-corrected chi connectivity index (χ0v) is 13.7. The lowest BCUT2D eigenvalue weighted by Crippen LogP contribution is -2.36. The van der Waals surface area contributed by atoms with Crippen LogP contribution in [0.15, 0.2) is 59.6 Å². The molecule has 0 saturated carbocycles. The minimum absolute atomic E-state index is 0.671. The van der Waals surface area contributed by atoms with Gasteiger partial charge in [0.25, 0.3) is 0 Å². The van der Waals surface area contributed by atoms with Crippen molar-refractivity contribution < 1.29 is 4.52 Å². The summed E-state index contributed by atoms with van der Waals surface area (Å²) in [5.41, 5.74) is 2.02. The normalized spacial score (nSPS) is 18.8. The van der Waals surface area contributed by atoms with Gasteiger partial charge in [0.1, 0.15) is 5.69 Å². The molecule has 0 radical (unpaired) electrons. The van der Waals surface area contributed by atoms with Crippen molar-refractivity contribution in [1.29, 1.82) is 0 Å². The van der Waals surface area contributed by atoms with Gasteiger partial charge in [0.2, 0.25) is 0 Å². The lowest BCUT2D eigenvalue weighted by Gasteiger charge is -2.32. The molecule has 1 atom stereocenters. The molecule has 1 unspecified atom stereocenters. The third kappa shape index (κ3) is 3.57. The molecule has 5 nitrogen and oxygen atoms in total. The Bertz CT molecular complexity index is 751. The summed E-state index contributed by atoms with van der Waals surface area (Å²) in [7, 11) is 0. The van der Waals surface area contributed by atoms with Gasteiger partial charge in [0.15, 0.2) is 5.76 Å². The number of benzene rings is 1. The summed E-state index contributed by atoms with van der Waals surface area (Å²) in [4.78, 5) is 6.60. The van der Waals surface area contributed by atoms with Crippen molar-refractivity contribution in [3.05, 3.63) is 60.9 Å². The number of piperidine rings is 1. The van der Waals surface area contributed by atoms with Gasteiger partial charge in [-0.1, -0.05) is 35.5 Å². The predicted octanol–water partition coefficient (Wildman–Crippen LogP) is 3.45. The standard InChI is InChI=1S/C19H22N4O/c1-2-6-17(7-3-1)19-11-18(24-21-19)14-22-9-4-5-16(12-22)13-23-10-8-20-15-23/h1-3,6-8,10-11,15-16H,4-5,9,12-14H2. The molecule has 2 aromatic heterocycles. The fraction of sp³-hybridized carbons (Fsp3) is 0.368. The second kappa shape index (κ2) is 7.01. The molecule has 0 bridgehead atoms. The Balaban J connectivity index is 1.37. The van der Waals surface area contributed by atoms with Crippen LogP contribution in [0.4, 0.5) is 0 Å². The van der Waals surface area contributed by atoms with Gasteiger partial charge in [-0.2, -0.15) is 0 Å². The highest BCUT2D eigenvalue weighted by atomic mass is 16.5. The van der Waals surface area contributed by atoms with Crippen LogP contribution in [0.25, 0.3) is 11.3 Å². The first kappa shape index (κ1) is 15.1. The molecule has 4 rings (SSSR count). The van der Waals surface area contributed by atoms with Crippen LogP contribution in [-0.2, 0) is 13.1 Å². The largest absolute Gasteiger partial charge is 0.359 e. The van der Waals surface area contributed by atoms with E-state index >= 15 is 0 Å². The van der Waals surface area contributed by atoms with Crippen molar-refractivity contribution in [2.75, 3.05) is 13.1 Å². The molecule has 3 aromatic rings. The highest BCUT2D eigenvalue weighted by Crippen LogP contribution is 2.23. The fourth-order valence-corrected chi connectivity index (χ4v) is 3.49. The van der Waals surface area contributed by atoms with Gasteiger partial charge in [0.05, 0.1) is 12.9 Å². The summed E-state index contributed by atoms with van der Waals surface area (Å²) in [6.45, 7) is 4.10. The van der Waals surface area contributed by atoms with Crippen molar-refractivity contribution in [3.8, 4) is 11.3 Å². The second-order valence-corrected chi connectivity index (χ2v) is 6.55. The maximum absolute atomic E-state index is 5.56. The molecule has 1 aliphatic heterocycles. The molecule has 5 heteroatoms. The molecule has 0 N–H and O–H groups in total. The molecular weight excluding hydrogens is 300 g/mol. The minimum atomic E-state index is 0.671. The molecule has 1 fully saturated rings. The number of rotatable bonds is 5. The maximum Gasteiger partial charge on any atom is 0.151 e. The van der Waals surface area contributed by atoms with Gasteiger partial charge in [0, 0.05) is 37.1 Å². The smallest absolute Gasteiger partial charge is 0.151 e. The molecule has 0 amide bonds. The Hall–Kier alpha value is -2.40. The van der Waals surface area contributed by atoms with Crippen molar-refractivity contribution in [1.82, 2.24) is 19.6 Å². The minimum Gasteiger partial charge on any atom is -0.359 e. The van der Waals surface area contributed by atoms with Crippen molar-refractivity contribution in [2.45, 2.75) is 25.9 Å². The third-order valence-corrected chi connectivity index (χ3v) is 4.64. The Labute approximate surface area is 141 Å². The van der Waals surface area contributed by atoms with Gasteiger partial charge < -0.3 is 9.09 Å². The first-order valence-electron chi connectivity index (χ1n) is 8.56. The van der Waals surface area contributed by atoms with Gasteiger partial charge in [-0.3, -0.25) is 4.90 Å². The second-order valence-electron chi connectivity index (χ2n) is 6.55. The zero-order chi connectivity index (χ0) is 16.2. The maximum atomic E-state index is 5.56. The third-order valence-electron chi connectivity index (χ3n) is 4.64. The average Bonchev–Trinajstić information content (AvgIpc) is 3.28. The Morgan fingerprint density at radius 1 is 1.21 bits per heavy atom. The Morgan fingerprint density at radius 2 is 2.12 bits per heavy atom. The number of aromatic nitrogens is 3. The van der Waals surface area contributed by atoms with Crippen LogP contribution in [-0.4, -0.2) is 32.7 Å². The Kier molecular flexibility index (Phi) is 4.42. The lowest BCUT2D eigenvalue weighted by molar-refractivity contribution is 0.143. The Morgan fingerprint density at radius 3 is 2.96 bits per heavy atom. The van der Waals surface area contributed by atoms with Crippen LogP contribution >= 0.6 is 0 Å². The highest BCUT2D eigenvalue weighted by Gasteiger charge is 2.21. The average molecular weight is 322 g/mol. The summed E-state index contributed by atoms with van der Waals surface area (Å²) in [6, 6.07) is 12.2. The summed E-state index contributed by atoms with van der Waals surface area (Å²) >= 11 is 0. The molecule has 1 aromatic carbocycles. The van der Waals surface area contributed by atoms with E-state index < -0.39 is 0 Å². The van der Waals surface area contributed by atoms with E-state index in [1.807, 2.05) is 36.9 Å². The number of imidazole rings is 1. The summed E-state index contributed by atoms with van der Waals surface area (Å²) in [5, 5.41) is 4.22. The topological polar surface area (TPSA) is 47.1 Å². The van der Waals surface area contributed by atoms with Crippen LogP contribution in [0.1, 0.15) is 18.6 Å². The molecule has 1 saturated heterocycles. The van der Waals surface area contributed by atoms with E-state index in [9.17, 15) is 0 Å². The molecule has 124 valence electrons. The van der Waals surface area contributed by atoms with E-state index in [0.29, 0.717) is 5.92 Å². The highest BCUT2D eigenvalue weighted by molar-refractivity contribution is 5.58. The van der Waals surface area contributed by atoms with E-state index in [0.717, 1.165) is 43.2 Å². The SMILES string of the molecule is c1ccc(-c2cc(CN3CCCC(Cn4ccnc4)C3)on2)cc1. The molecule has 24 heavy (non-hydrogen) atoms. The summed E-state index contributed by atoms with van der Waals surface area (Å²) in [5.74, 6) is 1.61. The molecule has 1 aliphatic rings. The van der Waals surface area contributed by atoms with Crippen LogP contribution in [0, 0.1) is 5.92 Å². The lowest BCUT2D eigenvalue weighted by atomic mass is 9.98. The number of nitrogens with zero attached hydrogens (tertiary/aromatic N) is 4. The van der Waals surface area contributed by atoms with Crippen LogP contribution in [0.5, 0.6) is 0 Å². The van der Waals surface area contributed by atoms with Crippen molar-refractivity contribution >= 4 is 0 Å². The van der Waals surface area contributed by atoms with Gasteiger partial charge in [-0.15, -0.1) is 0 Å². The summed E-state index contributed by atoms with van der Waals surface area (Å²) < 4.78 is 7.73. The molecular formula is C19H22N4O. The van der Waals surface area contributed by atoms with Crippen LogP contribution < -0.4 is 0 Å². The van der Waals surface area contributed by atoms with E-state index in [1.165, 1.54) is 12.8 Å². The van der Waals surface area contributed by atoms with Gasteiger partial charge in [-0.25, -0.2) is 4.98 Å². The van der Waals surface area contributed by atoms with Crippen molar-refractivity contribution in [2.24, 2.45) is 5.92 Å². The predicted molar refractivity (Wildman–Crippen MR) is 92.2 cm³/mol. The number of hydrogen-bond donors (Lipinski definition) is 0.